The van der Waals surface area contributed by atoms with Crippen LogP contribution in [-0.4, -0.2) is 0 Å². The van der Waals surface area contributed by atoms with Gasteiger partial charge < -0.3 is 0 Å². The fourth-order valence-electron chi connectivity index (χ4n) is 1.75. The average Bonchev–Trinajstić information content (AvgIpc) is 2.13. The Labute approximate surface area is 101 Å². The summed E-state index contributed by atoms with van der Waals surface area (Å²) in [5, 5.41) is 0. The molecule has 0 nitrogen and oxygen atoms in total. The lowest BCUT2D eigenvalue weighted by molar-refractivity contribution is -0.144. The number of halogens is 6. The normalized spacial score (nSPS) is 13.2. The zero-order valence-corrected chi connectivity index (χ0v) is 9.78. The van der Waals surface area contributed by atoms with Gasteiger partial charge in [0.1, 0.15) is 0 Å². The van der Waals surface area contributed by atoms with E-state index < -0.39 is 29.0 Å². The Bertz CT molecular complexity index is 381. The molecular formula is C12H12F6. The largest absolute Gasteiger partial charge is 0.416 e. The summed E-state index contributed by atoms with van der Waals surface area (Å²) in [6.07, 6.45) is -9.80. The Morgan fingerprint density at radius 1 is 0.889 bits per heavy atom. The van der Waals surface area contributed by atoms with Gasteiger partial charge in [0.05, 0.1) is 11.1 Å². The van der Waals surface area contributed by atoms with Gasteiger partial charge in [-0.25, -0.2) is 0 Å². The first-order chi connectivity index (χ1) is 8.03. The minimum absolute atomic E-state index is 0.259. The quantitative estimate of drug-likeness (QED) is 0.669. The van der Waals surface area contributed by atoms with E-state index in [9.17, 15) is 26.3 Å². The molecule has 0 spiro atoms. The third-order valence-corrected chi connectivity index (χ3v) is 2.40. The maximum absolute atomic E-state index is 12.7. The molecule has 0 amide bonds. The van der Waals surface area contributed by atoms with Gasteiger partial charge in [0, 0.05) is 0 Å². The second kappa shape index (κ2) is 4.82. The lowest BCUT2D eigenvalue weighted by Crippen LogP contribution is -2.17. The summed E-state index contributed by atoms with van der Waals surface area (Å²) in [4.78, 5) is 0. The van der Waals surface area contributed by atoms with Gasteiger partial charge in [-0.3, -0.25) is 0 Å². The number of rotatable bonds is 2. The maximum atomic E-state index is 12.7. The third kappa shape index (κ3) is 3.40. The summed E-state index contributed by atoms with van der Waals surface area (Å²) in [6, 6.07) is 2.16. The van der Waals surface area contributed by atoms with E-state index in [4.69, 9.17) is 0 Å². The lowest BCUT2D eigenvalue weighted by atomic mass is 9.92. The van der Waals surface area contributed by atoms with Crippen LogP contribution in [0, 0.1) is 5.92 Å². The zero-order valence-electron chi connectivity index (χ0n) is 9.78. The van der Waals surface area contributed by atoms with Crippen molar-refractivity contribution in [2.24, 2.45) is 5.92 Å². The first-order valence-corrected chi connectivity index (χ1v) is 5.29. The number of benzene rings is 1. The molecule has 1 aromatic rings. The Hall–Kier alpha value is -1.20. The molecule has 0 saturated carbocycles. The van der Waals surface area contributed by atoms with E-state index in [2.05, 4.69) is 0 Å². The molecule has 0 aliphatic carbocycles. The van der Waals surface area contributed by atoms with E-state index in [1.54, 1.807) is 13.8 Å². The van der Waals surface area contributed by atoms with Crippen molar-refractivity contribution in [3.8, 4) is 0 Å². The summed E-state index contributed by atoms with van der Waals surface area (Å²) in [7, 11) is 0. The molecule has 0 heterocycles. The third-order valence-electron chi connectivity index (χ3n) is 2.40. The van der Waals surface area contributed by atoms with Crippen LogP contribution in [0.1, 0.15) is 30.5 Å². The molecule has 0 aliphatic heterocycles. The van der Waals surface area contributed by atoms with Crippen LogP contribution in [0.5, 0.6) is 0 Å². The first kappa shape index (κ1) is 14.9. The van der Waals surface area contributed by atoms with Crippen molar-refractivity contribution >= 4 is 0 Å². The highest BCUT2D eigenvalue weighted by molar-refractivity contribution is 5.39. The highest BCUT2D eigenvalue weighted by Gasteiger charge is 2.40. The summed E-state index contributed by atoms with van der Waals surface area (Å²) in [5.41, 5.74) is -3.08. The van der Waals surface area contributed by atoms with Crippen LogP contribution in [-0.2, 0) is 18.8 Å². The molecule has 102 valence electrons. The predicted octanol–water partition coefficient (Wildman–Crippen LogP) is 4.92. The Morgan fingerprint density at radius 2 is 1.28 bits per heavy atom. The highest BCUT2D eigenvalue weighted by atomic mass is 19.4. The Morgan fingerprint density at radius 3 is 1.56 bits per heavy atom. The van der Waals surface area contributed by atoms with Crippen LogP contribution in [0.15, 0.2) is 18.2 Å². The highest BCUT2D eigenvalue weighted by Crippen LogP contribution is 2.40. The molecule has 0 unspecified atom stereocenters. The summed E-state index contributed by atoms with van der Waals surface area (Å²) in [6.45, 7) is 3.15. The van der Waals surface area contributed by atoms with Gasteiger partial charge in [0.15, 0.2) is 0 Å². The maximum Gasteiger partial charge on any atom is 0.416 e. The van der Waals surface area contributed by atoms with E-state index in [0.717, 1.165) is 6.07 Å². The van der Waals surface area contributed by atoms with Crippen LogP contribution in [0.2, 0.25) is 0 Å². The molecule has 0 aliphatic rings. The van der Waals surface area contributed by atoms with E-state index in [1.165, 1.54) is 0 Å². The topological polar surface area (TPSA) is 0 Å². The standard InChI is InChI=1S/C12H12F6/c1-7(2)6-8-9(11(13,14)15)4-3-5-10(8)12(16,17)18/h3-5,7H,6H2,1-2H3. The fourth-order valence-corrected chi connectivity index (χ4v) is 1.75. The molecule has 0 fully saturated rings. The number of alkyl halides is 6. The molecular weight excluding hydrogens is 258 g/mol. The van der Waals surface area contributed by atoms with Crippen molar-refractivity contribution in [2.75, 3.05) is 0 Å². The van der Waals surface area contributed by atoms with Gasteiger partial charge in [-0.15, -0.1) is 0 Å². The number of hydrogen-bond acceptors (Lipinski definition) is 0. The van der Waals surface area contributed by atoms with Crippen LogP contribution < -0.4 is 0 Å². The summed E-state index contributed by atoms with van der Waals surface area (Å²) < 4.78 is 76.2. The zero-order chi connectivity index (χ0) is 14.1. The molecule has 1 rings (SSSR count). The second-order valence-electron chi connectivity index (χ2n) is 4.43. The van der Waals surface area contributed by atoms with Gasteiger partial charge in [-0.1, -0.05) is 19.9 Å². The van der Waals surface area contributed by atoms with Crippen molar-refractivity contribution < 1.29 is 26.3 Å². The monoisotopic (exact) mass is 270 g/mol. The van der Waals surface area contributed by atoms with E-state index in [-0.39, 0.29) is 12.3 Å². The first-order valence-electron chi connectivity index (χ1n) is 5.29. The van der Waals surface area contributed by atoms with Crippen LogP contribution >= 0.6 is 0 Å². The fraction of sp³-hybridized carbons (Fsp3) is 0.500. The van der Waals surface area contributed by atoms with Gasteiger partial charge in [0.25, 0.3) is 0 Å². The average molecular weight is 270 g/mol. The van der Waals surface area contributed by atoms with Crippen molar-refractivity contribution in [1.82, 2.24) is 0 Å². The molecule has 0 atom stereocenters. The van der Waals surface area contributed by atoms with Crippen LogP contribution in [0.3, 0.4) is 0 Å². The van der Waals surface area contributed by atoms with Crippen LogP contribution in [0.25, 0.3) is 0 Å². The smallest absolute Gasteiger partial charge is 0.166 e. The molecule has 0 aromatic heterocycles. The van der Waals surface area contributed by atoms with E-state index >= 15 is 0 Å². The summed E-state index contributed by atoms with van der Waals surface area (Å²) in [5.74, 6) is -0.297. The van der Waals surface area contributed by atoms with Crippen molar-refractivity contribution in [1.29, 1.82) is 0 Å². The minimum atomic E-state index is -4.77. The molecule has 6 heteroatoms. The summed E-state index contributed by atoms with van der Waals surface area (Å²) >= 11 is 0. The van der Waals surface area contributed by atoms with Crippen LogP contribution in [0.4, 0.5) is 26.3 Å². The molecule has 0 bridgehead atoms. The van der Waals surface area contributed by atoms with Crippen molar-refractivity contribution in [3.05, 3.63) is 34.9 Å². The molecule has 0 radical (unpaired) electrons. The van der Waals surface area contributed by atoms with Gasteiger partial charge in [0.2, 0.25) is 0 Å². The Kier molecular flexibility index (Phi) is 3.98. The van der Waals surface area contributed by atoms with Gasteiger partial charge in [-0.05, 0) is 30.0 Å². The van der Waals surface area contributed by atoms with E-state index in [0.29, 0.717) is 12.1 Å². The second-order valence-corrected chi connectivity index (χ2v) is 4.43. The lowest BCUT2D eigenvalue weighted by Gasteiger charge is -2.19. The van der Waals surface area contributed by atoms with Crippen molar-refractivity contribution in [3.63, 3.8) is 0 Å². The van der Waals surface area contributed by atoms with Gasteiger partial charge in [-0.2, -0.15) is 26.3 Å². The van der Waals surface area contributed by atoms with Gasteiger partial charge >= 0.3 is 12.4 Å². The SMILES string of the molecule is CC(C)Cc1c(C(F)(F)F)cccc1C(F)(F)F. The molecule has 0 saturated heterocycles. The molecule has 1 aromatic carbocycles. The Balaban J connectivity index is 3.45. The van der Waals surface area contributed by atoms with E-state index in [1.807, 2.05) is 0 Å². The molecule has 18 heavy (non-hydrogen) atoms. The molecule has 0 N–H and O–H groups in total. The minimum Gasteiger partial charge on any atom is -0.166 e. The van der Waals surface area contributed by atoms with Crippen molar-refractivity contribution in [2.45, 2.75) is 32.6 Å². The predicted molar refractivity (Wildman–Crippen MR) is 55.0 cm³/mol. The number of hydrogen-bond donors (Lipinski definition) is 0.